The number of ether oxygens (including phenoxy) is 1. The van der Waals surface area contributed by atoms with E-state index >= 15 is 0 Å². The van der Waals surface area contributed by atoms with Crippen molar-refractivity contribution in [1.29, 1.82) is 0 Å². The summed E-state index contributed by atoms with van der Waals surface area (Å²) in [6.07, 6.45) is -0.978. The van der Waals surface area contributed by atoms with E-state index in [4.69, 9.17) is 5.11 Å². The lowest BCUT2D eigenvalue weighted by Crippen LogP contribution is -2.36. The Hall–Kier alpha value is -3.03. The smallest absolute Gasteiger partial charge is 0.333 e. The minimum absolute atomic E-state index is 0.159. The van der Waals surface area contributed by atoms with Crippen molar-refractivity contribution in [3.05, 3.63) is 35.4 Å². The molecule has 2 amide bonds. The first-order valence-corrected chi connectivity index (χ1v) is 5.80. The van der Waals surface area contributed by atoms with Crippen molar-refractivity contribution in [3.63, 3.8) is 0 Å². The van der Waals surface area contributed by atoms with Gasteiger partial charge in [-0.3, -0.25) is 24.1 Å². The van der Waals surface area contributed by atoms with E-state index in [1.54, 1.807) is 12.1 Å². The molecule has 0 bridgehead atoms. The first-order chi connectivity index (χ1) is 9.90. The Morgan fingerprint density at radius 1 is 1.00 bits per heavy atom. The summed E-state index contributed by atoms with van der Waals surface area (Å²) in [5.74, 6) is -5.22. The second kappa shape index (κ2) is 5.53. The van der Waals surface area contributed by atoms with E-state index < -0.39 is 42.7 Å². The van der Waals surface area contributed by atoms with Gasteiger partial charge in [0.25, 0.3) is 11.8 Å². The molecule has 8 nitrogen and oxygen atoms in total. The SMILES string of the molecule is O=C(O)CC(=O)OC(=O)CN1C(=O)c2ccccc2C1=O. The Balaban J connectivity index is 2.03. The molecule has 0 aromatic heterocycles. The monoisotopic (exact) mass is 291 g/mol. The number of hydrogen-bond acceptors (Lipinski definition) is 6. The predicted molar refractivity (Wildman–Crippen MR) is 65.2 cm³/mol. The lowest BCUT2D eigenvalue weighted by molar-refractivity contribution is -0.161. The molecule has 1 aromatic carbocycles. The van der Waals surface area contributed by atoms with E-state index in [-0.39, 0.29) is 11.1 Å². The molecule has 0 saturated carbocycles. The molecule has 1 heterocycles. The number of carboxylic acids is 1. The number of hydrogen-bond donors (Lipinski definition) is 1. The average molecular weight is 291 g/mol. The fourth-order valence-electron chi connectivity index (χ4n) is 1.83. The maximum absolute atomic E-state index is 11.9. The molecule has 1 aliphatic rings. The number of esters is 2. The quantitative estimate of drug-likeness (QED) is 0.464. The highest BCUT2D eigenvalue weighted by molar-refractivity contribution is 6.22. The van der Waals surface area contributed by atoms with Crippen LogP contribution in [0.5, 0.6) is 0 Å². The normalized spacial score (nSPS) is 13.0. The van der Waals surface area contributed by atoms with Crippen LogP contribution in [0, 0.1) is 0 Å². The molecule has 1 N–H and O–H groups in total. The van der Waals surface area contributed by atoms with Gasteiger partial charge in [0, 0.05) is 0 Å². The van der Waals surface area contributed by atoms with Crippen molar-refractivity contribution in [2.75, 3.05) is 6.54 Å². The van der Waals surface area contributed by atoms with Gasteiger partial charge in [0.1, 0.15) is 13.0 Å². The van der Waals surface area contributed by atoms with E-state index in [2.05, 4.69) is 4.74 Å². The third kappa shape index (κ3) is 2.94. The maximum atomic E-state index is 11.9. The van der Waals surface area contributed by atoms with Crippen LogP contribution in [0.25, 0.3) is 0 Å². The van der Waals surface area contributed by atoms with Gasteiger partial charge in [0.05, 0.1) is 11.1 Å². The van der Waals surface area contributed by atoms with Crippen molar-refractivity contribution in [2.24, 2.45) is 0 Å². The van der Waals surface area contributed by atoms with E-state index in [9.17, 15) is 24.0 Å². The number of carboxylic acid groups (broad SMARTS) is 1. The topological polar surface area (TPSA) is 118 Å². The van der Waals surface area contributed by atoms with Crippen LogP contribution in [-0.4, -0.2) is 46.3 Å². The van der Waals surface area contributed by atoms with Crippen LogP contribution in [0.3, 0.4) is 0 Å². The lowest BCUT2D eigenvalue weighted by atomic mass is 10.1. The number of fused-ring (bicyclic) bond motifs is 1. The van der Waals surface area contributed by atoms with Crippen molar-refractivity contribution in [3.8, 4) is 0 Å². The number of benzene rings is 1. The van der Waals surface area contributed by atoms with Crippen LogP contribution < -0.4 is 0 Å². The van der Waals surface area contributed by atoms with Gasteiger partial charge in [0.15, 0.2) is 0 Å². The van der Waals surface area contributed by atoms with Gasteiger partial charge in [-0.1, -0.05) is 12.1 Å². The molecule has 21 heavy (non-hydrogen) atoms. The number of rotatable bonds is 4. The van der Waals surface area contributed by atoms with Crippen LogP contribution in [-0.2, 0) is 19.1 Å². The summed E-state index contributed by atoms with van der Waals surface area (Å²) in [4.78, 5) is 57.2. The largest absolute Gasteiger partial charge is 0.481 e. The summed E-state index contributed by atoms with van der Waals surface area (Å²) in [5.41, 5.74) is 0.319. The first-order valence-electron chi connectivity index (χ1n) is 5.80. The summed E-state index contributed by atoms with van der Waals surface area (Å²) >= 11 is 0. The molecule has 0 radical (unpaired) electrons. The molecule has 2 rings (SSSR count). The van der Waals surface area contributed by atoms with Gasteiger partial charge < -0.3 is 9.84 Å². The third-order valence-corrected chi connectivity index (χ3v) is 2.69. The summed E-state index contributed by atoms with van der Waals surface area (Å²) in [7, 11) is 0. The molecule has 0 atom stereocenters. The van der Waals surface area contributed by atoms with E-state index in [1.165, 1.54) is 12.1 Å². The van der Waals surface area contributed by atoms with Gasteiger partial charge in [-0.05, 0) is 12.1 Å². The molecule has 0 fully saturated rings. The van der Waals surface area contributed by atoms with Crippen molar-refractivity contribution in [1.82, 2.24) is 4.90 Å². The summed E-state index contributed by atoms with van der Waals surface area (Å²) in [6, 6.07) is 6.03. The Morgan fingerprint density at radius 3 is 2.00 bits per heavy atom. The molecule has 1 aromatic rings. The van der Waals surface area contributed by atoms with Gasteiger partial charge in [-0.25, -0.2) is 4.79 Å². The Bertz CT molecular complexity index is 629. The van der Waals surface area contributed by atoms with Crippen molar-refractivity contribution in [2.45, 2.75) is 6.42 Å². The van der Waals surface area contributed by atoms with Crippen LogP contribution in [0.15, 0.2) is 24.3 Å². The number of nitrogens with zero attached hydrogens (tertiary/aromatic N) is 1. The van der Waals surface area contributed by atoms with E-state index in [1.807, 2.05) is 0 Å². The zero-order valence-corrected chi connectivity index (χ0v) is 10.6. The number of amides is 2. The first kappa shape index (κ1) is 14.4. The highest BCUT2D eigenvalue weighted by Gasteiger charge is 2.36. The van der Waals surface area contributed by atoms with Gasteiger partial charge in [-0.2, -0.15) is 0 Å². The van der Waals surface area contributed by atoms with Crippen LogP contribution in [0.4, 0.5) is 0 Å². The minimum Gasteiger partial charge on any atom is -0.481 e. The highest BCUT2D eigenvalue weighted by atomic mass is 16.6. The summed E-state index contributed by atoms with van der Waals surface area (Å²) < 4.78 is 4.21. The van der Waals surface area contributed by atoms with Gasteiger partial charge in [0.2, 0.25) is 0 Å². The van der Waals surface area contributed by atoms with Gasteiger partial charge in [-0.15, -0.1) is 0 Å². The molecule has 8 heteroatoms. The molecule has 0 aliphatic carbocycles. The third-order valence-electron chi connectivity index (χ3n) is 2.69. The molecular formula is C13H9NO7. The summed E-state index contributed by atoms with van der Waals surface area (Å²) in [6.45, 7) is -0.752. The Labute approximate surface area is 117 Å². The average Bonchev–Trinajstić information content (AvgIpc) is 2.63. The Morgan fingerprint density at radius 2 is 1.52 bits per heavy atom. The van der Waals surface area contributed by atoms with Crippen molar-refractivity contribution >= 4 is 29.7 Å². The number of imide groups is 1. The second-order valence-electron chi connectivity index (χ2n) is 4.16. The molecule has 0 unspecified atom stereocenters. The van der Waals surface area contributed by atoms with Gasteiger partial charge >= 0.3 is 17.9 Å². The molecule has 1 aliphatic heterocycles. The zero-order chi connectivity index (χ0) is 15.6. The van der Waals surface area contributed by atoms with Crippen LogP contribution >= 0.6 is 0 Å². The van der Waals surface area contributed by atoms with E-state index in [0.717, 1.165) is 0 Å². The predicted octanol–water partition coefficient (Wildman–Crippen LogP) is -0.173. The van der Waals surface area contributed by atoms with Crippen molar-refractivity contribution < 1.29 is 33.8 Å². The van der Waals surface area contributed by atoms with Crippen LogP contribution in [0.2, 0.25) is 0 Å². The molecule has 108 valence electrons. The second-order valence-corrected chi connectivity index (χ2v) is 4.16. The van der Waals surface area contributed by atoms with E-state index in [0.29, 0.717) is 4.90 Å². The molecule has 0 saturated heterocycles. The number of carbonyl (C=O) groups excluding carboxylic acids is 4. The summed E-state index contributed by atoms with van der Waals surface area (Å²) in [5, 5.41) is 8.35. The standard InChI is InChI=1S/C13H9NO7/c15-9(16)5-10(17)21-11(18)6-14-12(19)7-3-1-2-4-8(7)13(14)20/h1-4H,5-6H2,(H,15,16). The fraction of sp³-hybridized carbons (Fsp3) is 0.154. The highest BCUT2D eigenvalue weighted by Crippen LogP contribution is 2.22. The lowest BCUT2D eigenvalue weighted by Gasteiger charge is -2.11. The zero-order valence-electron chi connectivity index (χ0n) is 10.6. The maximum Gasteiger partial charge on any atom is 0.333 e. The van der Waals surface area contributed by atoms with Crippen LogP contribution in [0.1, 0.15) is 27.1 Å². The number of carbonyl (C=O) groups is 5. The minimum atomic E-state index is -1.45. The molecular weight excluding hydrogens is 282 g/mol. The number of aliphatic carboxylic acids is 1. The Kier molecular flexibility index (Phi) is 3.79. The molecule has 0 spiro atoms. The fourth-order valence-corrected chi connectivity index (χ4v) is 1.83.